The van der Waals surface area contributed by atoms with Gasteiger partial charge in [0.25, 0.3) is 0 Å². The van der Waals surface area contributed by atoms with Gasteiger partial charge in [-0.25, -0.2) is 0 Å². The van der Waals surface area contributed by atoms with Crippen LogP contribution in [0.4, 0.5) is 0 Å². The molecule has 0 N–H and O–H groups in total. The Kier molecular flexibility index (Phi) is 1.33. The third kappa shape index (κ3) is 0.882. The molecule has 1 heteroatoms. The smallest absolute Gasteiger partial charge is 0.0611 e. The Hall–Kier alpha value is -0.330. The van der Waals surface area contributed by atoms with Gasteiger partial charge in [-0.15, -0.1) is 0 Å². The summed E-state index contributed by atoms with van der Waals surface area (Å²) in [7, 11) is 0. The van der Waals surface area contributed by atoms with Gasteiger partial charge in [0.2, 0.25) is 0 Å². The highest BCUT2D eigenvalue weighted by atomic mass is 14.9. The maximum Gasteiger partial charge on any atom is 0.0611 e. The van der Waals surface area contributed by atoms with E-state index in [4.69, 9.17) is 4.99 Å². The average Bonchev–Trinajstić information content (AvgIpc) is 2.46. The summed E-state index contributed by atoms with van der Waals surface area (Å²) in [5, 5.41) is 0. The minimum Gasteiger partial charge on any atom is -0.288 e. The summed E-state index contributed by atoms with van der Waals surface area (Å²) in [6, 6.07) is 0. The molecule has 0 amide bonds. The molecule has 1 fully saturated rings. The topological polar surface area (TPSA) is 12.4 Å². The third-order valence-corrected chi connectivity index (χ3v) is 2.91. The van der Waals surface area contributed by atoms with Crippen LogP contribution in [0.3, 0.4) is 0 Å². The van der Waals surface area contributed by atoms with E-state index in [0.29, 0.717) is 5.54 Å². The molecule has 10 heavy (non-hydrogen) atoms. The van der Waals surface area contributed by atoms with Gasteiger partial charge >= 0.3 is 0 Å². The average molecular weight is 137 g/mol. The molecule has 0 unspecified atom stereocenters. The van der Waals surface area contributed by atoms with E-state index in [2.05, 4.69) is 6.92 Å². The quantitative estimate of drug-likeness (QED) is 0.486. The molecular formula is C9H15N. The highest BCUT2D eigenvalue weighted by Crippen LogP contribution is 2.40. The predicted octanol–water partition coefficient (Wildman–Crippen LogP) is 2.55. The molecule has 0 aromatic heterocycles. The van der Waals surface area contributed by atoms with Crippen molar-refractivity contribution in [3.8, 4) is 0 Å². The Morgan fingerprint density at radius 3 is 2.40 bits per heavy atom. The first kappa shape index (κ1) is 6.38. The fraction of sp³-hybridized carbons (Fsp3) is 0.889. The monoisotopic (exact) mass is 137 g/mol. The molecule has 0 radical (unpaired) electrons. The molecule has 2 rings (SSSR count). The Balaban J connectivity index is 2.16. The number of nitrogens with zero attached hydrogens (tertiary/aromatic N) is 1. The third-order valence-electron chi connectivity index (χ3n) is 2.91. The van der Waals surface area contributed by atoms with Crippen molar-refractivity contribution in [2.45, 2.75) is 51.0 Å². The van der Waals surface area contributed by atoms with Crippen LogP contribution in [0.5, 0.6) is 0 Å². The van der Waals surface area contributed by atoms with Crippen molar-refractivity contribution in [3.63, 3.8) is 0 Å². The van der Waals surface area contributed by atoms with Gasteiger partial charge in [0, 0.05) is 5.71 Å². The SMILES string of the molecule is CC1=NC2(CCCC2)CC1. The Bertz CT molecular complexity index is 164. The van der Waals surface area contributed by atoms with Crippen LogP contribution in [0.25, 0.3) is 0 Å². The summed E-state index contributed by atoms with van der Waals surface area (Å²) >= 11 is 0. The van der Waals surface area contributed by atoms with Crippen molar-refractivity contribution in [1.82, 2.24) is 0 Å². The summed E-state index contributed by atoms with van der Waals surface area (Å²) in [5.74, 6) is 0. The lowest BCUT2D eigenvalue weighted by Crippen LogP contribution is -2.16. The van der Waals surface area contributed by atoms with Crippen LogP contribution in [0.2, 0.25) is 0 Å². The summed E-state index contributed by atoms with van der Waals surface area (Å²) in [6.45, 7) is 2.17. The zero-order valence-corrected chi connectivity index (χ0v) is 6.69. The van der Waals surface area contributed by atoms with Crippen LogP contribution >= 0.6 is 0 Å². The van der Waals surface area contributed by atoms with Crippen molar-refractivity contribution in [1.29, 1.82) is 0 Å². The van der Waals surface area contributed by atoms with Crippen molar-refractivity contribution >= 4 is 5.71 Å². The van der Waals surface area contributed by atoms with Crippen molar-refractivity contribution in [2.75, 3.05) is 0 Å². The molecule has 1 saturated carbocycles. The number of hydrogen-bond acceptors (Lipinski definition) is 1. The van der Waals surface area contributed by atoms with E-state index >= 15 is 0 Å². The van der Waals surface area contributed by atoms with E-state index in [1.165, 1.54) is 44.2 Å². The molecular weight excluding hydrogens is 122 g/mol. The second-order valence-electron chi connectivity index (χ2n) is 3.78. The second kappa shape index (κ2) is 2.08. The van der Waals surface area contributed by atoms with E-state index in [-0.39, 0.29) is 0 Å². The first-order chi connectivity index (χ1) is 4.81. The lowest BCUT2D eigenvalue weighted by molar-refractivity contribution is 0.442. The van der Waals surface area contributed by atoms with Crippen molar-refractivity contribution in [2.24, 2.45) is 4.99 Å². The summed E-state index contributed by atoms with van der Waals surface area (Å²) in [6.07, 6.45) is 8.17. The molecule has 1 aliphatic heterocycles. The van der Waals surface area contributed by atoms with Gasteiger partial charge in [0.1, 0.15) is 0 Å². The lowest BCUT2D eigenvalue weighted by atomic mass is 9.95. The molecule has 1 nitrogen and oxygen atoms in total. The van der Waals surface area contributed by atoms with Crippen LogP contribution in [-0.4, -0.2) is 11.3 Å². The van der Waals surface area contributed by atoms with Gasteiger partial charge in [-0.2, -0.15) is 0 Å². The highest BCUT2D eigenvalue weighted by molar-refractivity contribution is 5.84. The fourth-order valence-corrected chi connectivity index (χ4v) is 2.33. The minimum absolute atomic E-state index is 0.448. The van der Waals surface area contributed by atoms with E-state index in [0.717, 1.165) is 0 Å². The van der Waals surface area contributed by atoms with Gasteiger partial charge in [0.15, 0.2) is 0 Å². The summed E-state index contributed by atoms with van der Waals surface area (Å²) in [5.41, 5.74) is 1.84. The second-order valence-corrected chi connectivity index (χ2v) is 3.78. The first-order valence-electron chi connectivity index (χ1n) is 4.36. The molecule has 2 aliphatic rings. The van der Waals surface area contributed by atoms with E-state index in [1.807, 2.05) is 0 Å². The van der Waals surface area contributed by atoms with Gasteiger partial charge in [0.05, 0.1) is 5.54 Å². The first-order valence-corrected chi connectivity index (χ1v) is 4.36. The van der Waals surface area contributed by atoms with Gasteiger partial charge in [-0.05, 0) is 32.6 Å². The van der Waals surface area contributed by atoms with Gasteiger partial charge in [-0.3, -0.25) is 4.99 Å². The van der Waals surface area contributed by atoms with Crippen molar-refractivity contribution in [3.05, 3.63) is 0 Å². The lowest BCUT2D eigenvalue weighted by Gasteiger charge is -2.17. The molecule has 1 aliphatic carbocycles. The standard InChI is InChI=1S/C9H15N/c1-8-4-7-9(10-8)5-2-3-6-9/h2-7H2,1H3. The summed E-state index contributed by atoms with van der Waals surface area (Å²) in [4.78, 5) is 4.74. The maximum atomic E-state index is 4.74. The Morgan fingerprint density at radius 1 is 1.20 bits per heavy atom. The molecule has 0 aromatic rings. The normalized spacial score (nSPS) is 29.5. The van der Waals surface area contributed by atoms with Crippen LogP contribution in [0.15, 0.2) is 4.99 Å². The molecule has 1 spiro atoms. The largest absolute Gasteiger partial charge is 0.288 e. The maximum absolute atomic E-state index is 4.74. The van der Waals surface area contributed by atoms with Crippen LogP contribution in [-0.2, 0) is 0 Å². The summed E-state index contributed by atoms with van der Waals surface area (Å²) < 4.78 is 0. The predicted molar refractivity (Wildman–Crippen MR) is 43.5 cm³/mol. The molecule has 0 aromatic carbocycles. The molecule has 56 valence electrons. The zero-order chi connectivity index (χ0) is 7.03. The van der Waals surface area contributed by atoms with Crippen LogP contribution in [0, 0.1) is 0 Å². The Morgan fingerprint density at radius 2 is 1.90 bits per heavy atom. The minimum atomic E-state index is 0.448. The Labute approximate surface area is 62.5 Å². The molecule has 0 bridgehead atoms. The van der Waals surface area contributed by atoms with E-state index in [1.54, 1.807) is 0 Å². The zero-order valence-electron chi connectivity index (χ0n) is 6.69. The number of hydrogen-bond donors (Lipinski definition) is 0. The number of rotatable bonds is 0. The van der Waals surface area contributed by atoms with Crippen LogP contribution < -0.4 is 0 Å². The van der Waals surface area contributed by atoms with Crippen LogP contribution in [0.1, 0.15) is 45.4 Å². The fourth-order valence-electron chi connectivity index (χ4n) is 2.33. The molecule has 1 heterocycles. The van der Waals surface area contributed by atoms with Gasteiger partial charge < -0.3 is 0 Å². The molecule has 0 saturated heterocycles. The van der Waals surface area contributed by atoms with Crippen molar-refractivity contribution < 1.29 is 0 Å². The number of aliphatic imine (C=N–C) groups is 1. The van der Waals surface area contributed by atoms with Gasteiger partial charge in [-0.1, -0.05) is 12.8 Å². The van der Waals surface area contributed by atoms with E-state index < -0.39 is 0 Å². The molecule has 0 atom stereocenters. The highest BCUT2D eigenvalue weighted by Gasteiger charge is 2.35. The van der Waals surface area contributed by atoms with E-state index in [9.17, 15) is 0 Å².